The molecule has 4 nitrogen and oxygen atoms in total. The van der Waals surface area contributed by atoms with E-state index in [9.17, 15) is 4.79 Å². The molecule has 0 fully saturated rings. The minimum Gasteiger partial charge on any atom is -0.496 e. The summed E-state index contributed by atoms with van der Waals surface area (Å²) in [4.78, 5) is 11.6. The number of urea groups is 1. The van der Waals surface area contributed by atoms with E-state index in [4.69, 9.17) is 16.3 Å². The molecule has 0 aliphatic rings. The lowest BCUT2D eigenvalue weighted by atomic mass is 9.97. The van der Waals surface area contributed by atoms with Crippen LogP contribution in [0.5, 0.6) is 5.75 Å². The molecule has 0 heterocycles. The molecule has 0 saturated carbocycles. The first kappa shape index (κ1) is 20.7. The van der Waals surface area contributed by atoms with Crippen LogP contribution in [-0.4, -0.2) is 19.7 Å². The molecule has 2 amide bonds. The first-order valence-electron chi connectivity index (χ1n) is 9.27. The predicted octanol–water partition coefficient (Wildman–Crippen LogP) is 5.89. The maximum atomic E-state index is 15.4. The molecule has 0 bridgehead atoms. The van der Waals surface area contributed by atoms with E-state index in [1.54, 1.807) is 48.5 Å². The highest BCUT2D eigenvalue weighted by Gasteiger charge is 2.16. The fourth-order valence-electron chi connectivity index (χ4n) is 3.08. The van der Waals surface area contributed by atoms with Crippen molar-refractivity contribution in [2.24, 2.45) is 0 Å². The van der Waals surface area contributed by atoms with Crippen LogP contribution in [0.2, 0.25) is 5.02 Å². The largest absolute Gasteiger partial charge is 0.496 e. The standard InChI is InChI=1S/C23H22ClFN2O2/c1-3-26-23(28)27-19-10-7-15(8-11-19)13-17-9-12-20(29-2)21(22(17)25)16-5-4-6-18(24)14-16/h4-12,14H,3,13H2,1-2H3,(H2,26,27,28). The van der Waals surface area contributed by atoms with Crippen LogP contribution in [0.4, 0.5) is 14.9 Å². The van der Waals surface area contributed by atoms with Crippen molar-refractivity contribution in [3.8, 4) is 16.9 Å². The average molecular weight is 413 g/mol. The highest BCUT2D eigenvalue weighted by Crippen LogP contribution is 2.36. The lowest BCUT2D eigenvalue weighted by Crippen LogP contribution is -2.28. The second kappa shape index (κ2) is 9.43. The molecule has 0 saturated heterocycles. The molecule has 3 aromatic rings. The van der Waals surface area contributed by atoms with Crippen molar-refractivity contribution < 1.29 is 13.9 Å². The molecule has 2 N–H and O–H groups in total. The lowest BCUT2D eigenvalue weighted by Gasteiger charge is -2.14. The Kier molecular flexibility index (Phi) is 6.73. The minimum absolute atomic E-state index is 0.257. The summed E-state index contributed by atoms with van der Waals surface area (Å²) in [6.07, 6.45) is 0.408. The quantitative estimate of drug-likeness (QED) is 0.530. The van der Waals surface area contributed by atoms with Gasteiger partial charge in [-0.05, 0) is 53.9 Å². The van der Waals surface area contributed by atoms with Gasteiger partial charge in [0, 0.05) is 23.7 Å². The minimum atomic E-state index is -0.337. The van der Waals surface area contributed by atoms with Gasteiger partial charge in [0.05, 0.1) is 12.7 Å². The Balaban J connectivity index is 1.86. The van der Waals surface area contributed by atoms with Crippen LogP contribution in [0.1, 0.15) is 18.1 Å². The van der Waals surface area contributed by atoms with Crippen molar-refractivity contribution in [1.82, 2.24) is 5.32 Å². The van der Waals surface area contributed by atoms with E-state index < -0.39 is 0 Å². The summed E-state index contributed by atoms with van der Waals surface area (Å²) >= 11 is 6.09. The summed E-state index contributed by atoms with van der Waals surface area (Å²) in [7, 11) is 1.52. The van der Waals surface area contributed by atoms with Crippen molar-refractivity contribution in [3.05, 3.63) is 82.6 Å². The first-order valence-corrected chi connectivity index (χ1v) is 9.64. The molecule has 0 unspecified atom stereocenters. The number of carbonyl (C=O) groups is 1. The Labute approximate surface area is 174 Å². The van der Waals surface area contributed by atoms with Gasteiger partial charge < -0.3 is 15.4 Å². The van der Waals surface area contributed by atoms with Crippen LogP contribution in [-0.2, 0) is 6.42 Å². The molecule has 0 aliphatic carbocycles. The van der Waals surface area contributed by atoms with Gasteiger partial charge in [-0.15, -0.1) is 0 Å². The Hall–Kier alpha value is -3.05. The number of rotatable bonds is 6. The van der Waals surface area contributed by atoms with E-state index in [-0.39, 0.29) is 11.8 Å². The molecule has 29 heavy (non-hydrogen) atoms. The van der Waals surface area contributed by atoms with Crippen LogP contribution in [0.25, 0.3) is 11.1 Å². The molecule has 6 heteroatoms. The summed E-state index contributed by atoms with van der Waals surface area (Å²) in [5.74, 6) is 0.117. The smallest absolute Gasteiger partial charge is 0.319 e. The summed E-state index contributed by atoms with van der Waals surface area (Å²) in [6, 6.07) is 17.6. The van der Waals surface area contributed by atoms with Gasteiger partial charge in [0.25, 0.3) is 0 Å². The van der Waals surface area contributed by atoms with Gasteiger partial charge in [0.15, 0.2) is 0 Å². The third-order valence-corrected chi connectivity index (χ3v) is 4.70. The van der Waals surface area contributed by atoms with Gasteiger partial charge in [-0.2, -0.15) is 0 Å². The molecular weight excluding hydrogens is 391 g/mol. The molecule has 3 rings (SSSR count). The molecule has 0 radical (unpaired) electrons. The van der Waals surface area contributed by atoms with Gasteiger partial charge in [0.1, 0.15) is 11.6 Å². The molecular formula is C23H22ClFN2O2. The number of carbonyl (C=O) groups excluding carboxylic acids is 1. The normalized spacial score (nSPS) is 10.5. The van der Waals surface area contributed by atoms with Gasteiger partial charge >= 0.3 is 6.03 Å². The molecule has 3 aromatic carbocycles. The van der Waals surface area contributed by atoms with Gasteiger partial charge in [-0.25, -0.2) is 9.18 Å². The highest BCUT2D eigenvalue weighted by molar-refractivity contribution is 6.30. The zero-order valence-electron chi connectivity index (χ0n) is 16.3. The van der Waals surface area contributed by atoms with Crippen molar-refractivity contribution in [2.45, 2.75) is 13.3 Å². The average Bonchev–Trinajstić information content (AvgIpc) is 2.71. The maximum Gasteiger partial charge on any atom is 0.319 e. The number of methoxy groups -OCH3 is 1. The van der Waals surface area contributed by atoms with E-state index >= 15 is 4.39 Å². The van der Waals surface area contributed by atoms with Crippen LogP contribution < -0.4 is 15.4 Å². The zero-order valence-corrected chi connectivity index (χ0v) is 17.0. The number of benzene rings is 3. The molecule has 150 valence electrons. The Morgan fingerprint density at radius 3 is 2.52 bits per heavy atom. The van der Waals surface area contributed by atoms with E-state index in [2.05, 4.69) is 10.6 Å². The van der Waals surface area contributed by atoms with Gasteiger partial charge in [-0.3, -0.25) is 0 Å². The third kappa shape index (κ3) is 5.06. The van der Waals surface area contributed by atoms with E-state index in [0.29, 0.717) is 46.1 Å². The fourth-order valence-corrected chi connectivity index (χ4v) is 3.27. The van der Waals surface area contributed by atoms with E-state index in [1.165, 1.54) is 7.11 Å². The summed E-state index contributed by atoms with van der Waals surface area (Å²) < 4.78 is 20.7. The number of anilines is 1. The Morgan fingerprint density at radius 2 is 1.86 bits per heavy atom. The van der Waals surface area contributed by atoms with Crippen LogP contribution in [0.3, 0.4) is 0 Å². The number of nitrogens with one attached hydrogen (secondary N) is 2. The van der Waals surface area contributed by atoms with Crippen molar-refractivity contribution >= 4 is 23.3 Å². The SMILES string of the molecule is CCNC(=O)Nc1ccc(Cc2ccc(OC)c(-c3cccc(Cl)c3)c2F)cc1. The van der Waals surface area contributed by atoms with Crippen molar-refractivity contribution in [3.63, 3.8) is 0 Å². The third-order valence-electron chi connectivity index (χ3n) is 4.46. The fraction of sp³-hybridized carbons (Fsp3) is 0.174. The highest BCUT2D eigenvalue weighted by atomic mass is 35.5. The predicted molar refractivity (Wildman–Crippen MR) is 115 cm³/mol. The van der Waals surface area contributed by atoms with Crippen LogP contribution in [0.15, 0.2) is 60.7 Å². The summed E-state index contributed by atoms with van der Waals surface area (Å²) in [6.45, 7) is 2.40. The molecule has 0 aliphatic heterocycles. The van der Waals surface area contributed by atoms with E-state index in [0.717, 1.165) is 5.56 Å². The lowest BCUT2D eigenvalue weighted by molar-refractivity contribution is 0.252. The van der Waals surface area contributed by atoms with Gasteiger partial charge in [-0.1, -0.05) is 41.9 Å². The van der Waals surface area contributed by atoms with Gasteiger partial charge in [0.2, 0.25) is 0 Å². The Bertz CT molecular complexity index is 1010. The summed E-state index contributed by atoms with van der Waals surface area (Å²) in [5, 5.41) is 5.95. The van der Waals surface area contributed by atoms with Crippen LogP contribution in [0, 0.1) is 5.82 Å². The molecule has 0 aromatic heterocycles. The second-order valence-corrected chi connectivity index (χ2v) is 6.92. The molecule has 0 atom stereocenters. The Morgan fingerprint density at radius 1 is 1.10 bits per heavy atom. The summed E-state index contributed by atoms with van der Waals surface area (Å²) in [5.41, 5.74) is 3.20. The number of halogens is 2. The number of hydrogen-bond donors (Lipinski definition) is 2. The van der Waals surface area contributed by atoms with Crippen LogP contribution >= 0.6 is 11.6 Å². The maximum absolute atomic E-state index is 15.4. The second-order valence-electron chi connectivity index (χ2n) is 6.48. The zero-order chi connectivity index (χ0) is 20.8. The number of ether oxygens (including phenoxy) is 1. The first-order chi connectivity index (χ1) is 14.0. The number of amides is 2. The number of hydrogen-bond acceptors (Lipinski definition) is 2. The molecule has 0 spiro atoms. The van der Waals surface area contributed by atoms with E-state index in [1.807, 2.05) is 19.1 Å². The topological polar surface area (TPSA) is 50.4 Å². The van der Waals surface area contributed by atoms with Crippen molar-refractivity contribution in [2.75, 3.05) is 19.0 Å². The van der Waals surface area contributed by atoms with Crippen molar-refractivity contribution in [1.29, 1.82) is 0 Å². The monoisotopic (exact) mass is 412 g/mol.